The Morgan fingerprint density at radius 3 is 3.06 bits per heavy atom. The smallest absolute Gasteiger partial charge is 0.270 e. The maximum atomic E-state index is 11.8. The van der Waals surface area contributed by atoms with Crippen LogP contribution in [0.1, 0.15) is 5.56 Å². The Labute approximate surface area is 109 Å². The second-order valence-electron chi connectivity index (χ2n) is 3.77. The highest BCUT2D eigenvalue weighted by molar-refractivity contribution is 7.07. The Balaban J connectivity index is 1.99. The van der Waals surface area contributed by atoms with E-state index >= 15 is 0 Å². The molecule has 0 spiro atoms. The van der Waals surface area contributed by atoms with E-state index in [4.69, 9.17) is 10.5 Å². The van der Waals surface area contributed by atoms with Gasteiger partial charge in [-0.3, -0.25) is 4.79 Å². The Morgan fingerprint density at radius 1 is 1.50 bits per heavy atom. The van der Waals surface area contributed by atoms with Gasteiger partial charge in [-0.05, 0) is 28.8 Å². The van der Waals surface area contributed by atoms with E-state index in [-0.39, 0.29) is 5.56 Å². The fraction of sp³-hybridized carbons (Fsp3) is 0.333. The van der Waals surface area contributed by atoms with Gasteiger partial charge in [0.1, 0.15) is 12.4 Å². The third kappa shape index (κ3) is 3.41. The van der Waals surface area contributed by atoms with E-state index in [0.717, 1.165) is 6.42 Å². The molecule has 0 aliphatic carbocycles. The second kappa shape index (κ2) is 6.32. The molecule has 0 aliphatic rings. The summed E-state index contributed by atoms with van der Waals surface area (Å²) in [7, 11) is 0. The van der Waals surface area contributed by atoms with Gasteiger partial charge in [-0.15, -0.1) is 0 Å². The van der Waals surface area contributed by atoms with Crippen molar-refractivity contribution in [3.63, 3.8) is 0 Å². The highest BCUT2D eigenvalue weighted by Crippen LogP contribution is 2.07. The lowest BCUT2D eigenvalue weighted by Gasteiger charge is -2.06. The summed E-state index contributed by atoms with van der Waals surface area (Å²) in [6.45, 7) is 1.38. The van der Waals surface area contributed by atoms with Gasteiger partial charge >= 0.3 is 0 Å². The van der Waals surface area contributed by atoms with Crippen LogP contribution in [0.25, 0.3) is 0 Å². The molecular weight excluding hydrogens is 250 g/mol. The van der Waals surface area contributed by atoms with Crippen molar-refractivity contribution in [2.24, 2.45) is 5.73 Å². The molecule has 2 N–H and O–H groups in total. The van der Waals surface area contributed by atoms with Crippen LogP contribution in [0.4, 0.5) is 0 Å². The number of nitrogens with two attached hydrogens (primary N) is 1. The third-order valence-corrected chi connectivity index (χ3v) is 3.16. The van der Waals surface area contributed by atoms with Crippen molar-refractivity contribution in [1.82, 2.24) is 9.78 Å². The van der Waals surface area contributed by atoms with Crippen molar-refractivity contribution >= 4 is 11.3 Å². The minimum atomic E-state index is -0.153. The van der Waals surface area contributed by atoms with Crippen molar-refractivity contribution in [3.05, 3.63) is 45.0 Å². The lowest BCUT2D eigenvalue weighted by atomic mass is 10.2. The molecule has 0 radical (unpaired) electrons. The summed E-state index contributed by atoms with van der Waals surface area (Å²) in [6, 6.07) is 3.49. The molecule has 0 amide bonds. The molecule has 0 bridgehead atoms. The largest absolute Gasteiger partial charge is 0.490 e. The standard InChI is InChI=1S/C12H15N3O2S/c13-3-5-17-11-7-12(16)15(14-8-11)4-1-10-2-6-18-9-10/h2,6-9H,1,3-5,13H2. The van der Waals surface area contributed by atoms with Crippen LogP contribution in [0.2, 0.25) is 0 Å². The Hall–Kier alpha value is -1.66. The van der Waals surface area contributed by atoms with E-state index in [0.29, 0.717) is 25.4 Å². The monoisotopic (exact) mass is 265 g/mol. The number of ether oxygens (including phenoxy) is 1. The first-order valence-electron chi connectivity index (χ1n) is 5.70. The fourth-order valence-electron chi connectivity index (χ4n) is 1.51. The molecule has 0 fully saturated rings. The zero-order valence-electron chi connectivity index (χ0n) is 9.91. The first-order chi connectivity index (χ1) is 8.79. The molecule has 6 heteroatoms. The van der Waals surface area contributed by atoms with E-state index in [9.17, 15) is 4.79 Å². The van der Waals surface area contributed by atoms with Crippen LogP contribution >= 0.6 is 11.3 Å². The van der Waals surface area contributed by atoms with Gasteiger partial charge in [-0.1, -0.05) is 0 Å². The summed E-state index contributed by atoms with van der Waals surface area (Å²) >= 11 is 1.65. The van der Waals surface area contributed by atoms with Gasteiger partial charge in [0.15, 0.2) is 0 Å². The zero-order chi connectivity index (χ0) is 12.8. The van der Waals surface area contributed by atoms with Gasteiger partial charge in [-0.2, -0.15) is 16.4 Å². The van der Waals surface area contributed by atoms with Gasteiger partial charge in [0.05, 0.1) is 6.20 Å². The molecule has 0 saturated heterocycles. The van der Waals surface area contributed by atoms with E-state index in [1.54, 1.807) is 17.5 Å². The average Bonchev–Trinajstić information content (AvgIpc) is 2.88. The molecule has 2 aromatic rings. The van der Waals surface area contributed by atoms with Gasteiger partial charge in [0, 0.05) is 19.2 Å². The zero-order valence-corrected chi connectivity index (χ0v) is 10.7. The number of thiophene rings is 1. The highest BCUT2D eigenvalue weighted by Gasteiger charge is 2.01. The van der Waals surface area contributed by atoms with E-state index in [1.807, 2.05) is 5.38 Å². The topological polar surface area (TPSA) is 70.1 Å². The van der Waals surface area contributed by atoms with Gasteiger partial charge in [0.25, 0.3) is 5.56 Å². The number of aryl methyl sites for hydroxylation is 2. The lowest BCUT2D eigenvalue weighted by Crippen LogP contribution is -2.23. The van der Waals surface area contributed by atoms with E-state index in [1.165, 1.54) is 16.3 Å². The predicted molar refractivity (Wildman–Crippen MR) is 71.1 cm³/mol. The normalized spacial score (nSPS) is 10.5. The van der Waals surface area contributed by atoms with E-state index in [2.05, 4.69) is 16.5 Å². The van der Waals surface area contributed by atoms with Crippen molar-refractivity contribution in [2.75, 3.05) is 13.2 Å². The maximum absolute atomic E-state index is 11.8. The Bertz CT molecular complexity index is 537. The molecule has 2 heterocycles. The molecular formula is C12H15N3O2S. The molecule has 2 rings (SSSR count). The highest BCUT2D eigenvalue weighted by atomic mass is 32.1. The first kappa shape index (κ1) is 12.8. The lowest BCUT2D eigenvalue weighted by molar-refractivity contribution is 0.323. The predicted octanol–water partition coefficient (Wildman–Crippen LogP) is 0.885. The SMILES string of the molecule is NCCOc1cnn(CCc2ccsc2)c(=O)c1. The molecule has 5 nitrogen and oxygen atoms in total. The quantitative estimate of drug-likeness (QED) is 0.842. The molecule has 2 aromatic heterocycles. The van der Waals surface area contributed by atoms with Gasteiger partial charge in [-0.25, -0.2) is 4.68 Å². The summed E-state index contributed by atoms with van der Waals surface area (Å²) < 4.78 is 6.68. The van der Waals surface area contributed by atoms with Crippen LogP contribution < -0.4 is 16.0 Å². The first-order valence-corrected chi connectivity index (χ1v) is 6.65. The number of aromatic nitrogens is 2. The summed E-state index contributed by atoms with van der Waals surface area (Å²) in [5.74, 6) is 0.470. The van der Waals surface area contributed by atoms with E-state index < -0.39 is 0 Å². The summed E-state index contributed by atoms with van der Waals surface area (Å²) in [5.41, 5.74) is 6.39. The minimum Gasteiger partial charge on any atom is -0.490 e. The molecule has 0 unspecified atom stereocenters. The third-order valence-electron chi connectivity index (χ3n) is 2.42. The number of hydrogen-bond acceptors (Lipinski definition) is 5. The van der Waals surface area contributed by atoms with Gasteiger partial charge < -0.3 is 10.5 Å². The Kier molecular flexibility index (Phi) is 4.49. The van der Waals surface area contributed by atoms with Crippen molar-refractivity contribution in [2.45, 2.75) is 13.0 Å². The van der Waals surface area contributed by atoms with Crippen molar-refractivity contribution in [3.8, 4) is 5.75 Å². The fourth-order valence-corrected chi connectivity index (χ4v) is 2.21. The van der Waals surface area contributed by atoms with Crippen LogP contribution in [-0.4, -0.2) is 22.9 Å². The van der Waals surface area contributed by atoms with Crippen LogP contribution in [0.5, 0.6) is 5.75 Å². The number of hydrogen-bond donors (Lipinski definition) is 1. The van der Waals surface area contributed by atoms with Gasteiger partial charge in [0.2, 0.25) is 0 Å². The Morgan fingerprint density at radius 2 is 2.39 bits per heavy atom. The maximum Gasteiger partial charge on any atom is 0.270 e. The molecule has 0 atom stereocenters. The molecule has 0 aromatic carbocycles. The summed E-state index contributed by atoms with van der Waals surface area (Å²) in [5, 5.41) is 8.17. The van der Waals surface area contributed by atoms with Crippen LogP contribution in [0, 0.1) is 0 Å². The van der Waals surface area contributed by atoms with Crippen LogP contribution in [0.15, 0.2) is 33.9 Å². The number of nitrogens with zero attached hydrogens (tertiary/aromatic N) is 2. The van der Waals surface area contributed by atoms with Crippen LogP contribution in [0.3, 0.4) is 0 Å². The second-order valence-corrected chi connectivity index (χ2v) is 4.55. The summed E-state index contributed by atoms with van der Waals surface area (Å²) in [4.78, 5) is 11.8. The molecule has 18 heavy (non-hydrogen) atoms. The van der Waals surface area contributed by atoms with Crippen molar-refractivity contribution < 1.29 is 4.74 Å². The molecule has 96 valence electrons. The van der Waals surface area contributed by atoms with Crippen LogP contribution in [-0.2, 0) is 13.0 Å². The molecule has 0 aliphatic heterocycles. The van der Waals surface area contributed by atoms with Crippen molar-refractivity contribution in [1.29, 1.82) is 0 Å². The minimum absolute atomic E-state index is 0.153. The number of rotatable bonds is 6. The molecule has 0 saturated carbocycles. The average molecular weight is 265 g/mol. The summed E-state index contributed by atoms with van der Waals surface area (Å²) in [6.07, 6.45) is 2.35.